The minimum absolute atomic E-state index is 0.168. The van der Waals surface area contributed by atoms with Crippen LogP contribution in [0, 0.1) is 0 Å². The molecule has 1 amide bonds. The lowest BCUT2D eigenvalue weighted by atomic mass is 10.0. The van der Waals surface area contributed by atoms with Gasteiger partial charge in [0, 0.05) is 18.2 Å². The highest BCUT2D eigenvalue weighted by molar-refractivity contribution is 5.94. The molecule has 0 aliphatic carbocycles. The van der Waals surface area contributed by atoms with E-state index in [4.69, 9.17) is 0 Å². The number of benzene rings is 1. The van der Waals surface area contributed by atoms with Crippen molar-refractivity contribution < 1.29 is 18.0 Å². The summed E-state index contributed by atoms with van der Waals surface area (Å²) in [6.45, 7) is 4.51. The molecule has 0 N–H and O–H groups in total. The summed E-state index contributed by atoms with van der Waals surface area (Å²) < 4.78 is 37.9. The van der Waals surface area contributed by atoms with Crippen molar-refractivity contribution in [3.05, 3.63) is 35.4 Å². The van der Waals surface area contributed by atoms with Gasteiger partial charge in [0.05, 0.1) is 5.56 Å². The number of nitrogens with zero attached hydrogens (tertiary/aromatic N) is 2. The summed E-state index contributed by atoms with van der Waals surface area (Å²) in [6, 6.07) is 4.68. The van der Waals surface area contributed by atoms with Gasteiger partial charge in [-0.25, -0.2) is 0 Å². The average molecular weight is 328 g/mol. The molecule has 0 atom stereocenters. The quantitative estimate of drug-likeness (QED) is 0.842. The standard InChI is InChI=1S/C17H23F3N2O/c1-3-10-22(15-8-11-21(2)12-9-15)16(23)13-4-6-14(7-5-13)17(18,19)20/h4-7,15H,3,8-12H2,1-2H3. The summed E-state index contributed by atoms with van der Waals surface area (Å²) >= 11 is 0. The maximum Gasteiger partial charge on any atom is 0.416 e. The smallest absolute Gasteiger partial charge is 0.336 e. The first-order valence-corrected chi connectivity index (χ1v) is 7.99. The van der Waals surface area contributed by atoms with E-state index in [1.807, 2.05) is 11.8 Å². The molecule has 1 aliphatic rings. The maximum atomic E-state index is 12.7. The van der Waals surface area contributed by atoms with Crippen molar-refractivity contribution in [2.24, 2.45) is 0 Å². The fourth-order valence-electron chi connectivity index (χ4n) is 2.97. The molecule has 2 rings (SSSR count). The first-order valence-electron chi connectivity index (χ1n) is 7.99. The zero-order valence-corrected chi connectivity index (χ0v) is 13.6. The molecule has 0 radical (unpaired) electrons. The van der Waals surface area contributed by atoms with Crippen LogP contribution in [0.3, 0.4) is 0 Å². The van der Waals surface area contributed by atoms with Gasteiger partial charge < -0.3 is 9.80 Å². The van der Waals surface area contributed by atoms with Crippen molar-refractivity contribution >= 4 is 5.91 Å². The van der Waals surface area contributed by atoms with Gasteiger partial charge in [0.2, 0.25) is 0 Å². The van der Waals surface area contributed by atoms with Gasteiger partial charge in [-0.15, -0.1) is 0 Å². The molecule has 3 nitrogen and oxygen atoms in total. The van der Waals surface area contributed by atoms with E-state index in [2.05, 4.69) is 11.9 Å². The van der Waals surface area contributed by atoms with Crippen LogP contribution < -0.4 is 0 Å². The zero-order valence-electron chi connectivity index (χ0n) is 13.6. The molecule has 0 aromatic heterocycles. The molecule has 0 saturated carbocycles. The molecule has 1 saturated heterocycles. The third-order valence-corrected chi connectivity index (χ3v) is 4.31. The summed E-state index contributed by atoms with van der Waals surface area (Å²) in [5.41, 5.74) is -0.402. The number of rotatable bonds is 4. The van der Waals surface area contributed by atoms with Gasteiger partial charge in [-0.05, 0) is 63.7 Å². The molecule has 1 heterocycles. The highest BCUT2D eigenvalue weighted by atomic mass is 19.4. The van der Waals surface area contributed by atoms with Gasteiger partial charge in [0.25, 0.3) is 5.91 Å². The molecule has 0 unspecified atom stereocenters. The van der Waals surface area contributed by atoms with E-state index >= 15 is 0 Å². The second kappa shape index (κ2) is 7.34. The molecule has 1 fully saturated rings. The predicted octanol–water partition coefficient (Wildman–Crippen LogP) is 3.65. The van der Waals surface area contributed by atoms with E-state index in [0.717, 1.165) is 44.5 Å². The van der Waals surface area contributed by atoms with E-state index in [9.17, 15) is 18.0 Å². The predicted molar refractivity (Wildman–Crippen MR) is 83.3 cm³/mol. The van der Waals surface area contributed by atoms with Gasteiger partial charge in [0.1, 0.15) is 0 Å². The number of halogens is 3. The zero-order chi connectivity index (χ0) is 17.0. The van der Waals surface area contributed by atoms with Crippen molar-refractivity contribution in [3.8, 4) is 0 Å². The Labute approximate surface area is 135 Å². The average Bonchev–Trinajstić information content (AvgIpc) is 2.52. The van der Waals surface area contributed by atoms with E-state index in [-0.39, 0.29) is 11.9 Å². The Bertz CT molecular complexity index is 520. The van der Waals surface area contributed by atoms with Crippen LogP contribution in [0.5, 0.6) is 0 Å². The molecular weight excluding hydrogens is 305 g/mol. The Morgan fingerprint density at radius 3 is 2.26 bits per heavy atom. The van der Waals surface area contributed by atoms with Crippen molar-refractivity contribution in [2.45, 2.75) is 38.4 Å². The van der Waals surface area contributed by atoms with Crippen molar-refractivity contribution in [2.75, 3.05) is 26.7 Å². The number of hydrogen-bond donors (Lipinski definition) is 0. The molecule has 1 aromatic carbocycles. The number of alkyl halides is 3. The van der Waals surface area contributed by atoms with Crippen LogP contribution in [-0.2, 0) is 6.18 Å². The third-order valence-electron chi connectivity index (χ3n) is 4.31. The third kappa shape index (κ3) is 4.47. The van der Waals surface area contributed by atoms with Gasteiger partial charge in [-0.3, -0.25) is 4.79 Å². The summed E-state index contributed by atoms with van der Waals surface area (Å²) in [7, 11) is 2.05. The van der Waals surface area contributed by atoms with Gasteiger partial charge >= 0.3 is 6.18 Å². The SMILES string of the molecule is CCCN(C(=O)c1ccc(C(F)(F)F)cc1)C1CCN(C)CC1. The van der Waals surface area contributed by atoms with Crippen LogP contribution in [0.4, 0.5) is 13.2 Å². The van der Waals surface area contributed by atoms with E-state index in [0.29, 0.717) is 12.1 Å². The summed E-state index contributed by atoms with van der Waals surface area (Å²) in [4.78, 5) is 16.8. The molecule has 0 bridgehead atoms. The number of hydrogen-bond acceptors (Lipinski definition) is 2. The fourth-order valence-corrected chi connectivity index (χ4v) is 2.97. The lowest BCUT2D eigenvalue weighted by molar-refractivity contribution is -0.137. The number of carbonyl (C=O) groups excluding carboxylic acids is 1. The summed E-state index contributed by atoms with van der Waals surface area (Å²) in [5.74, 6) is -0.171. The molecule has 23 heavy (non-hydrogen) atoms. The van der Waals surface area contributed by atoms with Crippen LogP contribution in [-0.4, -0.2) is 48.4 Å². The van der Waals surface area contributed by atoms with Crippen LogP contribution >= 0.6 is 0 Å². The van der Waals surface area contributed by atoms with Gasteiger partial charge in [0.15, 0.2) is 0 Å². The Hall–Kier alpha value is -1.56. The molecule has 0 spiro atoms. The number of likely N-dealkylation sites (tertiary alicyclic amines) is 1. The molecule has 1 aromatic rings. The normalized spacial score (nSPS) is 17.3. The van der Waals surface area contributed by atoms with E-state index < -0.39 is 11.7 Å². The minimum atomic E-state index is -4.38. The van der Waals surface area contributed by atoms with Crippen molar-refractivity contribution in [3.63, 3.8) is 0 Å². The van der Waals surface area contributed by atoms with Crippen molar-refractivity contribution in [1.29, 1.82) is 0 Å². The Kier molecular flexibility index (Phi) is 5.68. The van der Waals surface area contributed by atoms with Crippen LogP contribution in [0.1, 0.15) is 42.1 Å². The molecule has 128 valence electrons. The topological polar surface area (TPSA) is 23.6 Å². The fraction of sp³-hybridized carbons (Fsp3) is 0.588. The van der Waals surface area contributed by atoms with Crippen LogP contribution in [0.2, 0.25) is 0 Å². The Morgan fingerprint density at radius 1 is 1.22 bits per heavy atom. The Balaban J connectivity index is 2.14. The van der Waals surface area contributed by atoms with Crippen LogP contribution in [0.25, 0.3) is 0 Å². The number of carbonyl (C=O) groups is 1. The first-order chi connectivity index (χ1) is 10.8. The monoisotopic (exact) mass is 328 g/mol. The van der Waals surface area contributed by atoms with E-state index in [1.165, 1.54) is 12.1 Å². The first kappa shape index (κ1) is 17.8. The van der Waals surface area contributed by atoms with Crippen molar-refractivity contribution in [1.82, 2.24) is 9.80 Å². The summed E-state index contributed by atoms with van der Waals surface area (Å²) in [6.07, 6.45) is -1.73. The minimum Gasteiger partial charge on any atom is -0.336 e. The second-order valence-corrected chi connectivity index (χ2v) is 6.11. The van der Waals surface area contributed by atoms with Crippen LogP contribution in [0.15, 0.2) is 24.3 Å². The Morgan fingerprint density at radius 2 is 1.78 bits per heavy atom. The second-order valence-electron chi connectivity index (χ2n) is 6.11. The number of amides is 1. The lowest BCUT2D eigenvalue weighted by Gasteiger charge is -2.37. The maximum absolute atomic E-state index is 12.7. The summed E-state index contributed by atoms with van der Waals surface area (Å²) in [5, 5.41) is 0. The van der Waals surface area contributed by atoms with Gasteiger partial charge in [-0.2, -0.15) is 13.2 Å². The van der Waals surface area contributed by atoms with E-state index in [1.54, 1.807) is 0 Å². The lowest BCUT2D eigenvalue weighted by Crippen LogP contribution is -2.46. The highest BCUT2D eigenvalue weighted by Crippen LogP contribution is 2.29. The molecular formula is C17H23F3N2O. The molecule has 1 aliphatic heterocycles. The molecule has 6 heteroatoms. The largest absolute Gasteiger partial charge is 0.416 e. The van der Waals surface area contributed by atoms with Gasteiger partial charge in [-0.1, -0.05) is 6.92 Å². The number of piperidine rings is 1. The highest BCUT2D eigenvalue weighted by Gasteiger charge is 2.31.